The maximum Gasteiger partial charge on any atom is 0.326 e. The van der Waals surface area contributed by atoms with Gasteiger partial charge in [0.15, 0.2) is 5.96 Å². The second-order valence-electron chi connectivity index (χ2n) is 7.10. The molecule has 0 bridgehead atoms. The molecule has 5 atom stereocenters. The van der Waals surface area contributed by atoms with E-state index in [0.717, 1.165) is 6.92 Å². The molecule has 0 aromatic carbocycles. The number of hydrogen-bond acceptors (Lipinski definition) is 9. The number of carboxylic acids is 1. The second-order valence-corrected chi connectivity index (χ2v) is 7.10. The number of aliphatic carboxylic acids is 1. The Morgan fingerprint density at radius 3 is 1.97 bits per heavy atom. The van der Waals surface area contributed by atoms with E-state index in [-0.39, 0.29) is 25.3 Å². The van der Waals surface area contributed by atoms with Crippen LogP contribution in [-0.2, 0) is 24.0 Å². The molecule has 4 amide bonds. The van der Waals surface area contributed by atoms with Crippen LogP contribution < -0.4 is 38.9 Å². The highest BCUT2D eigenvalue weighted by Gasteiger charge is 2.33. The van der Waals surface area contributed by atoms with Crippen LogP contribution in [0.2, 0.25) is 0 Å². The number of aliphatic hydroxyl groups excluding tert-OH is 2. The van der Waals surface area contributed by atoms with Crippen LogP contribution in [-0.4, -0.2) is 94.3 Å². The molecule has 0 saturated heterocycles. The topological polar surface area (TPSA) is 299 Å². The van der Waals surface area contributed by atoms with Gasteiger partial charge in [0.05, 0.1) is 19.1 Å². The summed E-state index contributed by atoms with van der Waals surface area (Å²) in [6.45, 7) is 0.528. The van der Waals surface area contributed by atoms with Crippen LogP contribution in [0.1, 0.15) is 26.2 Å². The fraction of sp³-hybridized carbons (Fsp3) is 0.647. The van der Waals surface area contributed by atoms with E-state index in [9.17, 15) is 34.2 Å². The maximum atomic E-state index is 12.6. The van der Waals surface area contributed by atoms with Gasteiger partial charge in [0.1, 0.15) is 24.2 Å². The summed E-state index contributed by atoms with van der Waals surface area (Å²) < 4.78 is 0. The van der Waals surface area contributed by atoms with Gasteiger partial charge >= 0.3 is 5.97 Å². The lowest BCUT2D eigenvalue weighted by molar-refractivity contribution is -0.143. The summed E-state index contributed by atoms with van der Waals surface area (Å²) in [6.07, 6.45) is -2.02. The average Bonchev–Trinajstić information content (AvgIpc) is 2.71. The lowest BCUT2D eigenvalue weighted by Gasteiger charge is -2.26. The molecule has 0 fully saturated rings. The number of aliphatic hydroxyl groups is 2. The maximum absolute atomic E-state index is 12.6. The van der Waals surface area contributed by atoms with E-state index in [1.54, 1.807) is 0 Å². The van der Waals surface area contributed by atoms with Crippen molar-refractivity contribution in [1.29, 1.82) is 0 Å². The van der Waals surface area contributed by atoms with Crippen molar-refractivity contribution in [2.24, 2.45) is 27.9 Å². The van der Waals surface area contributed by atoms with Crippen LogP contribution in [0.15, 0.2) is 4.99 Å². The Kier molecular flexibility index (Phi) is 13.0. The predicted octanol–water partition coefficient (Wildman–Crippen LogP) is -5.85. The molecule has 0 aromatic heterocycles. The number of amides is 4. The Bertz CT molecular complexity index is 741. The molecule has 0 heterocycles. The molecule has 188 valence electrons. The van der Waals surface area contributed by atoms with E-state index >= 15 is 0 Å². The lowest BCUT2D eigenvalue weighted by Crippen LogP contribution is -2.60. The Labute approximate surface area is 189 Å². The molecule has 0 rings (SSSR count). The van der Waals surface area contributed by atoms with E-state index in [2.05, 4.69) is 20.9 Å². The van der Waals surface area contributed by atoms with Gasteiger partial charge in [0.2, 0.25) is 23.6 Å². The van der Waals surface area contributed by atoms with Gasteiger partial charge in [0, 0.05) is 6.54 Å². The molecule has 16 heteroatoms. The summed E-state index contributed by atoms with van der Waals surface area (Å²) in [6, 6.07) is -5.99. The van der Waals surface area contributed by atoms with Gasteiger partial charge in [-0.3, -0.25) is 24.2 Å². The molecule has 16 nitrogen and oxygen atoms in total. The van der Waals surface area contributed by atoms with Crippen LogP contribution in [0.5, 0.6) is 0 Å². The van der Waals surface area contributed by atoms with Crippen LogP contribution in [0.25, 0.3) is 0 Å². The summed E-state index contributed by atoms with van der Waals surface area (Å²) in [7, 11) is 0. The number of hydrogen-bond donors (Lipinski definition) is 10. The van der Waals surface area contributed by atoms with Gasteiger partial charge in [-0.2, -0.15) is 0 Å². The first kappa shape index (κ1) is 29.5. The lowest BCUT2D eigenvalue weighted by atomic mass is 10.1. The third-order valence-electron chi connectivity index (χ3n) is 4.19. The van der Waals surface area contributed by atoms with Gasteiger partial charge in [-0.25, -0.2) is 4.79 Å². The minimum atomic E-state index is -1.64. The van der Waals surface area contributed by atoms with Crippen molar-refractivity contribution in [3.05, 3.63) is 0 Å². The van der Waals surface area contributed by atoms with Crippen molar-refractivity contribution in [2.45, 2.75) is 56.5 Å². The number of primary amides is 1. The van der Waals surface area contributed by atoms with Crippen molar-refractivity contribution in [3.63, 3.8) is 0 Å². The Morgan fingerprint density at radius 2 is 1.52 bits per heavy atom. The first-order valence-electron chi connectivity index (χ1n) is 9.82. The number of carboxylic acid groups (broad SMARTS) is 1. The van der Waals surface area contributed by atoms with E-state index in [4.69, 9.17) is 28.0 Å². The molecule has 33 heavy (non-hydrogen) atoms. The molecule has 0 aliphatic carbocycles. The van der Waals surface area contributed by atoms with Gasteiger partial charge in [0.25, 0.3) is 0 Å². The van der Waals surface area contributed by atoms with E-state index < -0.39 is 72.9 Å². The number of carbonyl (C=O) groups is 5. The van der Waals surface area contributed by atoms with Gasteiger partial charge < -0.3 is 54.2 Å². The van der Waals surface area contributed by atoms with Gasteiger partial charge in [-0.1, -0.05) is 0 Å². The van der Waals surface area contributed by atoms with Crippen LogP contribution in [0.3, 0.4) is 0 Å². The number of nitrogens with two attached hydrogens (primary N) is 4. The fourth-order valence-corrected chi connectivity index (χ4v) is 2.45. The standard InChI is InChI=1S/C17H32N8O8/c1-7(27)12(15(31)23-9(16(32)33)3-2-4-22-17(20)21)25-14(30)10(5-11(19)28)24-13(29)8(18)6-26/h7-10,12,26-27H,2-6,18H2,1H3,(H2,19,28)(H,23,31)(H,24,29)(H,25,30)(H,32,33)(H4,20,21,22). The molecule has 0 spiro atoms. The summed E-state index contributed by atoms with van der Waals surface area (Å²) in [5, 5.41) is 34.6. The SMILES string of the molecule is CC(O)C(NC(=O)C(CC(N)=O)NC(=O)C(N)CO)C(=O)NC(CCCN=C(N)N)C(=O)O. The Morgan fingerprint density at radius 1 is 0.939 bits per heavy atom. The highest BCUT2D eigenvalue weighted by Crippen LogP contribution is 2.03. The molecule has 0 aromatic rings. The summed E-state index contributed by atoms with van der Waals surface area (Å²) in [4.78, 5) is 63.4. The zero-order valence-electron chi connectivity index (χ0n) is 18.1. The summed E-state index contributed by atoms with van der Waals surface area (Å²) in [5.41, 5.74) is 20.8. The van der Waals surface area contributed by atoms with Gasteiger partial charge in [-0.15, -0.1) is 0 Å². The minimum absolute atomic E-state index is 0.0578. The smallest absolute Gasteiger partial charge is 0.326 e. The average molecular weight is 476 g/mol. The quantitative estimate of drug-likeness (QED) is 0.0602. The van der Waals surface area contributed by atoms with E-state index in [0.29, 0.717) is 0 Å². The summed E-state index contributed by atoms with van der Waals surface area (Å²) >= 11 is 0. The first-order chi connectivity index (χ1) is 15.3. The fourth-order valence-electron chi connectivity index (χ4n) is 2.45. The number of rotatable bonds is 15. The largest absolute Gasteiger partial charge is 0.480 e. The number of guanidine groups is 1. The molecule has 0 radical (unpaired) electrons. The highest BCUT2D eigenvalue weighted by atomic mass is 16.4. The van der Waals surface area contributed by atoms with Crippen molar-refractivity contribution in [1.82, 2.24) is 16.0 Å². The van der Waals surface area contributed by atoms with Crippen molar-refractivity contribution >= 4 is 35.6 Å². The predicted molar refractivity (Wildman–Crippen MR) is 114 cm³/mol. The number of nitrogens with one attached hydrogen (secondary N) is 3. The highest BCUT2D eigenvalue weighted by molar-refractivity contribution is 5.96. The molecular weight excluding hydrogens is 444 g/mol. The summed E-state index contributed by atoms with van der Waals surface area (Å²) in [5.74, 6) is -5.61. The van der Waals surface area contributed by atoms with Crippen LogP contribution >= 0.6 is 0 Å². The molecule has 0 saturated carbocycles. The Balaban J connectivity index is 5.34. The van der Waals surface area contributed by atoms with E-state index in [1.165, 1.54) is 0 Å². The van der Waals surface area contributed by atoms with E-state index in [1.807, 2.05) is 0 Å². The monoisotopic (exact) mass is 476 g/mol. The Hall–Kier alpha value is -3.50. The molecular formula is C17H32N8O8. The van der Waals surface area contributed by atoms with Gasteiger partial charge in [-0.05, 0) is 19.8 Å². The van der Waals surface area contributed by atoms with Crippen LogP contribution in [0.4, 0.5) is 0 Å². The molecule has 0 aliphatic rings. The normalized spacial score (nSPS) is 15.2. The zero-order valence-corrected chi connectivity index (χ0v) is 18.1. The van der Waals surface area contributed by atoms with Crippen molar-refractivity contribution in [3.8, 4) is 0 Å². The third-order valence-corrected chi connectivity index (χ3v) is 4.19. The minimum Gasteiger partial charge on any atom is -0.480 e. The zero-order chi connectivity index (χ0) is 25.7. The second kappa shape index (κ2) is 14.5. The number of carbonyl (C=O) groups excluding carboxylic acids is 4. The van der Waals surface area contributed by atoms with Crippen LogP contribution in [0, 0.1) is 0 Å². The number of aliphatic imine (C=N–C) groups is 1. The molecule has 5 unspecified atom stereocenters. The van der Waals surface area contributed by atoms with Crippen molar-refractivity contribution < 1.29 is 39.3 Å². The number of nitrogens with zero attached hydrogens (tertiary/aromatic N) is 1. The third kappa shape index (κ3) is 11.6. The first-order valence-corrected chi connectivity index (χ1v) is 9.82. The molecule has 14 N–H and O–H groups in total. The molecule has 0 aliphatic heterocycles. The van der Waals surface area contributed by atoms with Crippen molar-refractivity contribution in [2.75, 3.05) is 13.2 Å².